The Morgan fingerprint density at radius 2 is 1.67 bits per heavy atom. The molecule has 1 aromatic rings. The fraction of sp³-hybridized carbons (Fsp3) is 0.714. The van der Waals surface area contributed by atoms with E-state index in [4.69, 9.17) is 0 Å². The second-order valence-electron chi connectivity index (χ2n) is 7.86. The molecular weight excluding hydrogens is 312 g/mol. The Labute approximate surface area is 152 Å². The van der Waals surface area contributed by atoms with Crippen LogP contribution < -0.4 is 5.32 Å². The molecule has 0 atom stereocenters. The van der Waals surface area contributed by atoms with Crippen LogP contribution >= 0.6 is 11.9 Å². The Hall–Kier alpha value is -0.510. The predicted molar refractivity (Wildman–Crippen MR) is 106 cm³/mol. The van der Waals surface area contributed by atoms with Crippen molar-refractivity contribution in [3.05, 3.63) is 29.3 Å². The Balaban J connectivity index is 1.34. The van der Waals surface area contributed by atoms with E-state index in [0.29, 0.717) is 0 Å². The standard InChI is InChI=1S/C21H34N2S/c1-17-6-7-21(18(2)16-17)24-23-14-10-20(11-15-23)5-3-4-19-8-12-22-13-9-19/h6-7,16,19-20,22H,3-5,8-15H2,1-2H3. The molecule has 2 aliphatic rings. The van der Waals surface area contributed by atoms with E-state index in [9.17, 15) is 0 Å². The number of hydrogen-bond donors (Lipinski definition) is 1. The zero-order valence-electron chi connectivity index (χ0n) is 15.5. The Morgan fingerprint density at radius 3 is 2.33 bits per heavy atom. The van der Waals surface area contributed by atoms with E-state index in [1.165, 1.54) is 87.1 Å². The fourth-order valence-electron chi connectivity index (χ4n) is 4.20. The van der Waals surface area contributed by atoms with E-state index in [2.05, 4.69) is 41.7 Å². The summed E-state index contributed by atoms with van der Waals surface area (Å²) in [6.07, 6.45) is 10.00. The summed E-state index contributed by atoms with van der Waals surface area (Å²) in [4.78, 5) is 1.44. The zero-order chi connectivity index (χ0) is 16.8. The van der Waals surface area contributed by atoms with Gasteiger partial charge in [-0.15, -0.1) is 0 Å². The molecule has 0 unspecified atom stereocenters. The second kappa shape index (κ2) is 9.26. The van der Waals surface area contributed by atoms with Gasteiger partial charge in [0, 0.05) is 18.0 Å². The van der Waals surface area contributed by atoms with Gasteiger partial charge in [-0.1, -0.05) is 37.0 Å². The highest BCUT2D eigenvalue weighted by molar-refractivity contribution is 7.97. The molecule has 24 heavy (non-hydrogen) atoms. The van der Waals surface area contributed by atoms with Crippen molar-refractivity contribution in [3.63, 3.8) is 0 Å². The third kappa shape index (κ3) is 5.50. The van der Waals surface area contributed by atoms with Gasteiger partial charge in [-0.2, -0.15) is 0 Å². The quantitative estimate of drug-likeness (QED) is 0.713. The number of piperidine rings is 2. The fourth-order valence-corrected chi connectivity index (χ4v) is 5.20. The molecule has 0 saturated carbocycles. The molecule has 2 heterocycles. The largest absolute Gasteiger partial charge is 0.317 e. The van der Waals surface area contributed by atoms with Gasteiger partial charge in [-0.05, 0) is 88.0 Å². The van der Waals surface area contributed by atoms with Crippen molar-refractivity contribution in [1.29, 1.82) is 0 Å². The van der Waals surface area contributed by atoms with E-state index < -0.39 is 0 Å². The maximum absolute atomic E-state index is 3.48. The van der Waals surface area contributed by atoms with Crippen molar-refractivity contribution in [1.82, 2.24) is 9.62 Å². The van der Waals surface area contributed by atoms with Crippen LogP contribution in [-0.2, 0) is 0 Å². The normalized spacial score (nSPS) is 21.2. The first-order valence-electron chi connectivity index (χ1n) is 9.91. The van der Waals surface area contributed by atoms with Gasteiger partial charge in [0.05, 0.1) is 0 Å². The molecule has 134 valence electrons. The Morgan fingerprint density at radius 1 is 1.00 bits per heavy atom. The number of rotatable bonds is 6. The Kier molecular flexibility index (Phi) is 7.06. The van der Waals surface area contributed by atoms with Crippen LogP contribution in [0.4, 0.5) is 0 Å². The van der Waals surface area contributed by atoms with Gasteiger partial charge in [0.2, 0.25) is 0 Å². The van der Waals surface area contributed by atoms with E-state index in [1.54, 1.807) is 0 Å². The van der Waals surface area contributed by atoms with Gasteiger partial charge in [-0.25, -0.2) is 4.31 Å². The summed E-state index contributed by atoms with van der Waals surface area (Å²) in [5, 5.41) is 3.48. The minimum atomic E-state index is 0.975. The summed E-state index contributed by atoms with van der Waals surface area (Å²) in [6.45, 7) is 9.43. The van der Waals surface area contributed by atoms with Crippen molar-refractivity contribution in [2.75, 3.05) is 26.2 Å². The minimum Gasteiger partial charge on any atom is -0.317 e. The van der Waals surface area contributed by atoms with Crippen LogP contribution in [0.2, 0.25) is 0 Å². The molecule has 0 radical (unpaired) electrons. The lowest BCUT2D eigenvalue weighted by atomic mass is 9.87. The van der Waals surface area contributed by atoms with E-state index in [0.717, 1.165) is 11.8 Å². The lowest BCUT2D eigenvalue weighted by molar-refractivity contribution is 0.262. The summed E-state index contributed by atoms with van der Waals surface area (Å²) < 4.78 is 2.58. The van der Waals surface area contributed by atoms with Crippen molar-refractivity contribution in [2.45, 2.75) is 63.7 Å². The number of nitrogens with zero attached hydrogens (tertiary/aromatic N) is 1. The first-order chi connectivity index (χ1) is 11.7. The number of nitrogens with one attached hydrogen (secondary N) is 1. The average Bonchev–Trinajstić information content (AvgIpc) is 2.60. The monoisotopic (exact) mass is 346 g/mol. The van der Waals surface area contributed by atoms with E-state index in [1.807, 2.05) is 11.9 Å². The molecule has 2 nitrogen and oxygen atoms in total. The van der Waals surface area contributed by atoms with Crippen LogP contribution in [0.1, 0.15) is 56.1 Å². The second-order valence-corrected chi connectivity index (χ2v) is 9.00. The first-order valence-corrected chi connectivity index (χ1v) is 10.7. The molecule has 0 bridgehead atoms. The first kappa shape index (κ1) is 18.3. The molecule has 2 fully saturated rings. The number of benzene rings is 1. The van der Waals surface area contributed by atoms with Crippen LogP contribution in [0, 0.1) is 25.7 Å². The van der Waals surface area contributed by atoms with Crippen LogP contribution in [0.3, 0.4) is 0 Å². The SMILES string of the molecule is Cc1ccc(SN2CCC(CCCC3CCNCC3)CC2)c(C)c1. The molecule has 2 aliphatic heterocycles. The summed E-state index contributed by atoms with van der Waals surface area (Å²) in [6, 6.07) is 6.83. The Bertz CT molecular complexity index is 503. The van der Waals surface area contributed by atoms with Crippen molar-refractivity contribution < 1.29 is 0 Å². The zero-order valence-corrected chi connectivity index (χ0v) is 16.3. The molecule has 0 aliphatic carbocycles. The van der Waals surface area contributed by atoms with Crippen molar-refractivity contribution in [3.8, 4) is 0 Å². The van der Waals surface area contributed by atoms with Gasteiger partial charge < -0.3 is 5.32 Å². The van der Waals surface area contributed by atoms with Gasteiger partial charge in [0.1, 0.15) is 0 Å². The van der Waals surface area contributed by atoms with Crippen molar-refractivity contribution >= 4 is 11.9 Å². The third-order valence-corrected chi connectivity index (χ3v) is 7.09. The van der Waals surface area contributed by atoms with Crippen LogP contribution in [-0.4, -0.2) is 30.5 Å². The number of aryl methyl sites for hydroxylation is 2. The molecule has 3 rings (SSSR count). The molecule has 0 amide bonds. The van der Waals surface area contributed by atoms with Gasteiger partial charge in [0.15, 0.2) is 0 Å². The predicted octanol–water partition coefficient (Wildman–Crippen LogP) is 5.19. The third-order valence-electron chi connectivity index (χ3n) is 5.81. The van der Waals surface area contributed by atoms with Gasteiger partial charge in [0.25, 0.3) is 0 Å². The molecule has 3 heteroatoms. The molecule has 1 N–H and O–H groups in total. The van der Waals surface area contributed by atoms with Crippen LogP contribution in [0.25, 0.3) is 0 Å². The minimum absolute atomic E-state index is 0.975. The topological polar surface area (TPSA) is 15.3 Å². The molecular formula is C21H34N2S. The highest BCUT2D eigenvalue weighted by Gasteiger charge is 2.21. The smallest absolute Gasteiger partial charge is 0.0259 e. The summed E-state index contributed by atoms with van der Waals surface area (Å²) in [7, 11) is 0. The summed E-state index contributed by atoms with van der Waals surface area (Å²) in [5.74, 6) is 1.98. The molecule has 2 saturated heterocycles. The van der Waals surface area contributed by atoms with Crippen LogP contribution in [0.15, 0.2) is 23.1 Å². The van der Waals surface area contributed by atoms with E-state index in [-0.39, 0.29) is 0 Å². The van der Waals surface area contributed by atoms with Crippen molar-refractivity contribution in [2.24, 2.45) is 11.8 Å². The highest BCUT2D eigenvalue weighted by Crippen LogP contribution is 2.32. The lowest BCUT2D eigenvalue weighted by Crippen LogP contribution is -2.29. The molecule has 0 spiro atoms. The molecule has 1 aromatic carbocycles. The average molecular weight is 347 g/mol. The maximum atomic E-state index is 3.48. The van der Waals surface area contributed by atoms with Crippen LogP contribution in [0.5, 0.6) is 0 Å². The molecule has 0 aromatic heterocycles. The van der Waals surface area contributed by atoms with Gasteiger partial charge in [-0.3, -0.25) is 0 Å². The van der Waals surface area contributed by atoms with Gasteiger partial charge >= 0.3 is 0 Å². The number of hydrogen-bond acceptors (Lipinski definition) is 3. The lowest BCUT2D eigenvalue weighted by Gasteiger charge is -2.31. The van der Waals surface area contributed by atoms with E-state index >= 15 is 0 Å². The summed E-state index contributed by atoms with van der Waals surface area (Å²) in [5.41, 5.74) is 2.79. The maximum Gasteiger partial charge on any atom is 0.0259 e. The highest BCUT2D eigenvalue weighted by atomic mass is 32.2. The summed E-state index contributed by atoms with van der Waals surface area (Å²) >= 11 is 1.97.